The lowest BCUT2D eigenvalue weighted by Gasteiger charge is -2.16. The van der Waals surface area contributed by atoms with Crippen LogP contribution in [0.25, 0.3) is 0 Å². The molecule has 2 unspecified atom stereocenters. The van der Waals surface area contributed by atoms with E-state index >= 15 is 0 Å². The van der Waals surface area contributed by atoms with E-state index in [4.69, 9.17) is 0 Å². The summed E-state index contributed by atoms with van der Waals surface area (Å²) in [5, 5.41) is 3.53. The summed E-state index contributed by atoms with van der Waals surface area (Å²) in [6.07, 6.45) is 2.37. The third-order valence-electron chi connectivity index (χ3n) is 3.04. The number of hydrogen-bond acceptors (Lipinski definition) is 1. The average Bonchev–Trinajstić information content (AvgIpc) is 2.69. The van der Waals surface area contributed by atoms with Gasteiger partial charge in [0.25, 0.3) is 0 Å². The molecule has 0 heterocycles. The van der Waals surface area contributed by atoms with Crippen LogP contribution < -0.4 is 5.32 Å². The molecule has 0 aromatic rings. The van der Waals surface area contributed by atoms with Gasteiger partial charge in [0.1, 0.15) is 0 Å². The van der Waals surface area contributed by atoms with Gasteiger partial charge in [-0.3, -0.25) is 0 Å². The molecule has 1 heteroatoms. The van der Waals surface area contributed by atoms with E-state index in [0.29, 0.717) is 11.5 Å². The summed E-state index contributed by atoms with van der Waals surface area (Å²) in [5.41, 5.74) is 0.558. The Labute approximate surface area is 82.3 Å². The second kappa shape index (κ2) is 4.15. The van der Waals surface area contributed by atoms with Crippen LogP contribution in [0.4, 0.5) is 0 Å². The highest BCUT2D eigenvalue weighted by molar-refractivity contribution is 5.07. The lowest BCUT2D eigenvalue weighted by atomic mass is 10.0. The summed E-state index contributed by atoms with van der Waals surface area (Å²) in [5.74, 6) is 7.00. The van der Waals surface area contributed by atoms with Gasteiger partial charge >= 0.3 is 0 Å². The summed E-state index contributed by atoms with van der Waals surface area (Å²) < 4.78 is 0. The van der Waals surface area contributed by atoms with Gasteiger partial charge in [-0.2, -0.15) is 0 Å². The molecule has 0 radical (unpaired) electrons. The maximum absolute atomic E-state index is 3.53. The van der Waals surface area contributed by atoms with E-state index in [1.54, 1.807) is 0 Å². The lowest BCUT2D eigenvalue weighted by molar-refractivity contribution is 0.417. The van der Waals surface area contributed by atoms with E-state index in [1.807, 2.05) is 6.92 Å². The van der Waals surface area contributed by atoms with E-state index < -0.39 is 0 Å². The molecule has 1 fully saturated rings. The van der Waals surface area contributed by atoms with Gasteiger partial charge in [0.15, 0.2) is 0 Å². The maximum atomic E-state index is 3.53. The Hall–Kier alpha value is -0.480. The Morgan fingerprint density at radius 3 is 2.54 bits per heavy atom. The molecule has 2 atom stereocenters. The first-order chi connectivity index (χ1) is 6.11. The number of rotatable bonds is 4. The van der Waals surface area contributed by atoms with Crippen molar-refractivity contribution in [3.8, 4) is 11.8 Å². The molecular formula is C12H21N. The minimum atomic E-state index is 0.558. The largest absolute Gasteiger partial charge is 0.313 e. The van der Waals surface area contributed by atoms with Crippen molar-refractivity contribution in [2.75, 3.05) is 6.54 Å². The summed E-state index contributed by atoms with van der Waals surface area (Å²) in [6, 6.07) is 0.618. The molecule has 13 heavy (non-hydrogen) atoms. The fraction of sp³-hybridized carbons (Fsp3) is 0.833. The first-order valence-corrected chi connectivity index (χ1v) is 5.24. The van der Waals surface area contributed by atoms with Gasteiger partial charge in [-0.1, -0.05) is 20.8 Å². The van der Waals surface area contributed by atoms with E-state index in [-0.39, 0.29) is 0 Å². The van der Waals surface area contributed by atoms with Crippen LogP contribution in [0.3, 0.4) is 0 Å². The highest BCUT2D eigenvalue weighted by Gasteiger charge is 2.49. The Morgan fingerprint density at radius 1 is 1.54 bits per heavy atom. The normalized spacial score (nSPS) is 26.0. The van der Waals surface area contributed by atoms with Crippen molar-refractivity contribution in [3.05, 3.63) is 0 Å². The monoisotopic (exact) mass is 179 g/mol. The molecule has 1 aliphatic rings. The van der Waals surface area contributed by atoms with Gasteiger partial charge in [-0.05, 0) is 31.2 Å². The van der Waals surface area contributed by atoms with Crippen LogP contribution in [0, 0.1) is 23.2 Å². The Kier molecular flexibility index (Phi) is 3.39. The zero-order valence-electron chi connectivity index (χ0n) is 9.28. The molecule has 74 valence electrons. The van der Waals surface area contributed by atoms with Crippen molar-refractivity contribution in [1.29, 1.82) is 0 Å². The van der Waals surface area contributed by atoms with Crippen LogP contribution >= 0.6 is 0 Å². The van der Waals surface area contributed by atoms with Crippen LogP contribution in [0.5, 0.6) is 0 Å². The van der Waals surface area contributed by atoms with Crippen molar-refractivity contribution >= 4 is 0 Å². The molecule has 1 N–H and O–H groups in total. The van der Waals surface area contributed by atoms with Crippen LogP contribution in [0.15, 0.2) is 0 Å². The minimum absolute atomic E-state index is 0.558. The SMILES string of the molecule is CC#CCC(NCC)C1CC1(C)C. The van der Waals surface area contributed by atoms with Crippen molar-refractivity contribution in [2.24, 2.45) is 11.3 Å². The first-order valence-electron chi connectivity index (χ1n) is 5.24. The molecule has 0 amide bonds. The maximum Gasteiger partial charge on any atom is 0.0246 e. The Balaban J connectivity index is 2.43. The van der Waals surface area contributed by atoms with E-state index in [1.165, 1.54) is 6.42 Å². The van der Waals surface area contributed by atoms with Crippen molar-refractivity contribution in [2.45, 2.75) is 46.6 Å². The molecule has 0 bridgehead atoms. The zero-order valence-corrected chi connectivity index (χ0v) is 9.28. The van der Waals surface area contributed by atoms with Crippen molar-refractivity contribution < 1.29 is 0 Å². The van der Waals surface area contributed by atoms with Crippen molar-refractivity contribution in [3.63, 3.8) is 0 Å². The molecule has 0 aromatic heterocycles. The summed E-state index contributed by atoms with van der Waals surface area (Å²) in [4.78, 5) is 0. The van der Waals surface area contributed by atoms with Gasteiger partial charge in [0.05, 0.1) is 0 Å². The number of hydrogen-bond donors (Lipinski definition) is 1. The van der Waals surface area contributed by atoms with E-state index in [2.05, 4.69) is 37.9 Å². The summed E-state index contributed by atoms with van der Waals surface area (Å²) in [6.45, 7) is 9.84. The molecule has 0 spiro atoms. The molecule has 0 aliphatic heterocycles. The first kappa shape index (κ1) is 10.6. The van der Waals surface area contributed by atoms with Crippen LogP contribution in [-0.2, 0) is 0 Å². The van der Waals surface area contributed by atoms with E-state index in [9.17, 15) is 0 Å². The van der Waals surface area contributed by atoms with Gasteiger partial charge < -0.3 is 5.32 Å². The Bertz CT molecular complexity index is 219. The average molecular weight is 179 g/mol. The fourth-order valence-corrected chi connectivity index (χ4v) is 2.03. The second-order valence-corrected chi connectivity index (χ2v) is 4.59. The third kappa shape index (κ3) is 2.74. The zero-order chi connectivity index (χ0) is 9.90. The molecular weight excluding hydrogens is 158 g/mol. The Morgan fingerprint density at radius 2 is 2.15 bits per heavy atom. The van der Waals surface area contributed by atoms with Gasteiger partial charge in [0.2, 0.25) is 0 Å². The highest BCUT2D eigenvalue weighted by Crippen LogP contribution is 2.54. The molecule has 0 saturated heterocycles. The predicted molar refractivity (Wildman–Crippen MR) is 57.4 cm³/mol. The second-order valence-electron chi connectivity index (χ2n) is 4.59. The third-order valence-corrected chi connectivity index (χ3v) is 3.04. The standard InChI is InChI=1S/C12H21N/c1-5-7-8-11(13-6-2)10-9-12(10,3)4/h10-11,13H,6,8-9H2,1-4H3. The topological polar surface area (TPSA) is 12.0 Å². The lowest BCUT2D eigenvalue weighted by Crippen LogP contribution is -2.32. The molecule has 1 rings (SSSR count). The predicted octanol–water partition coefficient (Wildman–Crippen LogP) is 2.42. The van der Waals surface area contributed by atoms with Crippen LogP contribution in [0.2, 0.25) is 0 Å². The molecule has 1 saturated carbocycles. The fourth-order valence-electron chi connectivity index (χ4n) is 2.03. The quantitative estimate of drug-likeness (QED) is 0.654. The molecule has 1 nitrogen and oxygen atoms in total. The molecule has 1 aliphatic carbocycles. The molecule has 0 aromatic carbocycles. The minimum Gasteiger partial charge on any atom is -0.313 e. The summed E-state index contributed by atoms with van der Waals surface area (Å²) in [7, 11) is 0. The van der Waals surface area contributed by atoms with Gasteiger partial charge in [0, 0.05) is 12.5 Å². The van der Waals surface area contributed by atoms with Crippen LogP contribution in [-0.4, -0.2) is 12.6 Å². The van der Waals surface area contributed by atoms with Gasteiger partial charge in [-0.15, -0.1) is 11.8 Å². The van der Waals surface area contributed by atoms with E-state index in [0.717, 1.165) is 18.9 Å². The highest BCUT2D eigenvalue weighted by atomic mass is 14.9. The van der Waals surface area contributed by atoms with Crippen molar-refractivity contribution in [1.82, 2.24) is 5.32 Å². The van der Waals surface area contributed by atoms with Gasteiger partial charge in [-0.25, -0.2) is 0 Å². The smallest absolute Gasteiger partial charge is 0.0246 e. The summed E-state index contributed by atoms with van der Waals surface area (Å²) >= 11 is 0. The van der Waals surface area contributed by atoms with Crippen LogP contribution in [0.1, 0.15) is 40.5 Å². The number of nitrogens with one attached hydrogen (secondary N) is 1.